The summed E-state index contributed by atoms with van der Waals surface area (Å²) in [5, 5.41) is 2.77. The van der Waals surface area contributed by atoms with Crippen LogP contribution in [0, 0.1) is 0 Å². The molecule has 1 amide bonds. The van der Waals surface area contributed by atoms with E-state index < -0.39 is 22.0 Å². The first-order chi connectivity index (χ1) is 14.3. The number of anilines is 1. The van der Waals surface area contributed by atoms with Crippen molar-refractivity contribution in [3.05, 3.63) is 58.6 Å². The second kappa shape index (κ2) is 9.72. The molecule has 1 atom stereocenters. The summed E-state index contributed by atoms with van der Waals surface area (Å²) in [5.74, 6) is -0.825. The Bertz CT molecular complexity index is 1010. The minimum Gasteiger partial charge on any atom is -0.462 e. The lowest BCUT2D eigenvalue weighted by atomic mass is 10.0. The predicted octanol–water partition coefficient (Wildman–Crippen LogP) is 3.81. The van der Waals surface area contributed by atoms with Crippen molar-refractivity contribution >= 4 is 43.5 Å². The number of hydrogen-bond acceptors (Lipinski definition) is 5. The molecule has 7 nitrogen and oxygen atoms in total. The standard InChI is InChI=1S/C21H23BrN2O5S/c1-2-29-21(26)15-6-10-17(11-7-15)23-20(25)19-5-3-4-14-24(19)30(27,28)18-12-8-16(22)9-13-18/h6-13,19H,2-5,14H2,1H3,(H,23,25)/t19-/m1/s1. The van der Waals surface area contributed by atoms with Gasteiger partial charge in [-0.15, -0.1) is 0 Å². The van der Waals surface area contributed by atoms with Crippen LogP contribution in [0.25, 0.3) is 0 Å². The van der Waals surface area contributed by atoms with E-state index in [2.05, 4.69) is 21.2 Å². The molecule has 30 heavy (non-hydrogen) atoms. The quantitative estimate of drug-likeness (QED) is 0.616. The smallest absolute Gasteiger partial charge is 0.338 e. The predicted molar refractivity (Wildman–Crippen MR) is 117 cm³/mol. The highest BCUT2D eigenvalue weighted by molar-refractivity contribution is 9.10. The number of piperidine rings is 1. The number of halogens is 1. The molecule has 0 spiro atoms. The summed E-state index contributed by atoms with van der Waals surface area (Å²) < 4.78 is 33.3. The number of amides is 1. The highest BCUT2D eigenvalue weighted by Gasteiger charge is 2.37. The number of esters is 1. The van der Waals surface area contributed by atoms with Crippen LogP contribution in [0.2, 0.25) is 0 Å². The Balaban J connectivity index is 1.76. The molecule has 0 bridgehead atoms. The molecule has 0 radical (unpaired) electrons. The van der Waals surface area contributed by atoms with Crippen molar-refractivity contribution in [2.24, 2.45) is 0 Å². The summed E-state index contributed by atoms with van der Waals surface area (Å²) in [6, 6.07) is 11.9. The number of ether oxygens (including phenoxy) is 1. The Hall–Kier alpha value is -2.23. The van der Waals surface area contributed by atoms with E-state index >= 15 is 0 Å². The maximum Gasteiger partial charge on any atom is 0.338 e. The Morgan fingerprint density at radius 1 is 1.10 bits per heavy atom. The molecule has 0 aliphatic carbocycles. The van der Waals surface area contributed by atoms with Crippen molar-refractivity contribution < 1.29 is 22.7 Å². The third-order valence-corrected chi connectivity index (χ3v) is 7.29. The Morgan fingerprint density at radius 3 is 2.40 bits per heavy atom. The fraction of sp³-hybridized carbons (Fsp3) is 0.333. The fourth-order valence-electron chi connectivity index (χ4n) is 3.33. The van der Waals surface area contributed by atoms with Gasteiger partial charge in [0.25, 0.3) is 0 Å². The van der Waals surface area contributed by atoms with Crippen LogP contribution in [-0.2, 0) is 19.6 Å². The molecule has 1 heterocycles. The molecular formula is C21H23BrN2O5S. The van der Waals surface area contributed by atoms with Crippen LogP contribution in [0.15, 0.2) is 57.9 Å². The van der Waals surface area contributed by atoms with Crippen LogP contribution in [0.4, 0.5) is 5.69 Å². The molecular weight excluding hydrogens is 472 g/mol. The van der Waals surface area contributed by atoms with Gasteiger partial charge >= 0.3 is 5.97 Å². The molecule has 1 fully saturated rings. The molecule has 3 rings (SSSR count). The van der Waals surface area contributed by atoms with E-state index in [1.165, 1.54) is 16.4 Å². The first kappa shape index (κ1) is 22.5. The van der Waals surface area contributed by atoms with E-state index in [1.54, 1.807) is 43.3 Å². The maximum atomic E-state index is 13.1. The molecule has 9 heteroatoms. The first-order valence-corrected chi connectivity index (χ1v) is 11.9. The molecule has 1 N–H and O–H groups in total. The van der Waals surface area contributed by atoms with Crippen LogP contribution in [-0.4, -0.2) is 43.8 Å². The number of rotatable bonds is 6. The minimum atomic E-state index is -3.80. The van der Waals surface area contributed by atoms with Crippen LogP contribution in [0.1, 0.15) is 36.5 Å². The number of carbonyl (C=O) groups excluding carboxylic acids is 2. The second-order valence-corrected chi connectivity index (χ2v) is 9.67. The van der Waals surface area contributed by atoms with E-state index in [0.29, 0.717) is 24.1 Å². The zero-order valence-corrected chi connectivity index (χ0v) is 18.9. The summed E-state index contributed by atoms with van der Waals surface area (Å²) in [4.78, 5) is 24.8. The molecule has 0 saturated carbocycles. The number of carbonyl (C=O) groups is 2. The summed E-state index contributed by atoms with van der Waals surface area (Å²) in [6.07, 6.45) is 1.92. The highest BCUT2D eigenvalue weighted by atomic mass is 79.9. The monoisotopic (exact) mass is 494 g/mol. The van der Waals surface area contributed by atoms with Crippen LogP contribution in [0.3, 0.4) is 0 Å². The van der Waals surface area contributed by atoms with Gasteiger partial charge in [0.05, 0.1) is 17.1 Å². The van der Waals surface area contributed by atoms with Crippen molar-refractivity contribution in [2.45, 2.75) is 37.1 Å². The van der Waals surface area contributed by atoms with Crippen LogP contribution in [0.5, 0.6) is 0 Å². The van der Waals surface area contributed by atoms with E-state index in [0.717, 1.165) is 10.9 Å². The lowest BCUT2D eigenvalue weighted by Crippen LogP contribution is -2.49. The third-order valence-electron chi connectivity index (χ3n) is 4.84. The number of nitrogens with one attached hydrogen (secondary N) is 1. The molecule has 2 aromatic carbocycles. The largest absolute Gasteiger partial charge is 0.462 e. The van der Waals surface area contributed by atoms with E-state index in [-0.39, 0.29) is 24.0 Å². The average Bonchev–Trinajstić information content (AvgIpc) is 2.74. The summed E-state index contributed by atoms with van der Waals surface area (Å²) >= 11 is 3.30. The van der Waals surface area contributed by atoms with E-state index in [4.69, 9.17) is 4.74 Å². The molecule has 1 saturated heterocycles. The van der Waals surface area contributed by atoms with Gasteiger partial charge in [0.2, 0.25) is 15.9 Å². The number of benzene rings is 2. The van der Waals surface area contributed by atoms with Crippen molar-refractivity contribution in [3.63, 3.8) is 0 Å². The molecule has 2 aromatic rings. The second-order valence-electron chi connectivity index (χ2n) is 6.87. The van der Waals surface area contributed by atoms with Gasteiger partial charge < -0.3 is 10.1 Å². The fourth-order valence-corrected chi connectivity index (χ4v) is 5.25. The molecule has 0 unspecified atom stereocenters. The average molecular weight is 495 g/mol. The highest BCUT2D eigenvalue weighted by Crippen LogP contribution is 2.27. The number of sulfonamides is 1. The van der Waals surface area contributed by atoms with Gasteiger partial charge in [0.1, 0.15) is 6.04 Å². The van der Waals surface area contributed by atoms with Gasteiger partial charge in [-0.25, -0.2) is 13.2 Å². The van der Waals surface area contributed by atoms with Crippen LogP contribution >= 0.6 is 15.9 Å². The number of nitrogens with zero attached hydrogens (tertiary/aromatic N) is 1. The summed E-state index contributed by atoms with van der Waals surface area (Å²) in [7, 11) is -3.80. The normalized spacial score (nSPS) is 17.3. The van der Waals surface area contributed by atoms with Gasteiger partial charge in [-0.3, -0.25) is 4.79 Å². The first-order valence-electron chi connectivity index (χ1n) is 9.68. The van der Waals surface area contributed by atoms with Crippen molar-refractivity contribution in [1.82, 2.24) is 4.31 Å². The van der Waals surface area contributed by atoms with Gasteiger partial charge in [-0.05, 0) is 68.3 Å². The lowest BCUT2D eigenvalue weighted by Gasteiger charge is -2.33. The zero-order chi connectivity index (χ0) is 21.7. The van der Waals surface area contributed by atoms with Crippen LogP contribution < -0.4 is 5.32 Å². The summed E-state index contributed by atoms with van der Waals surface area (Å²) in [5.41, 5.74) is 0.867. The summed E-state index contributed by atoms with van der Waals surface area (Å²) in [6.45, 7) is 2.30. The van der Waals surface area contributed by atoms with E-state index in [1.807, 2.05) is 0 Å². The number of hydrogen-bond donors (Lipinski definition) is 1. The molecule has 1 aliphatic heterocycles. The topological polar surface area (TPSA) is 92.8 Å². The van der Waals surface area contributed by atoms with Gasteiger partial charge in [-0.2, -0.15) is 4.31 Å². The van der Waals surface area contributed by atoms with Crippen molar-refractivity contribution in [3.8, 4) is 0 Å². The van der Waals surface area contributed by atoms with Gasteiger partial charge in [0, 0.05) is 16.7 Å². The SMILES string of the molecule is CCOC(=O)c1ccc(NC(=O)[C@H]2CCCCN2S(=O)(=O)c2ccc(Br)cc2)cc1. The Labute approximate surface area is 184 Å². The van der Waals surface area contributed by atoms with Gasteiger partial charge in [0.15, 0.2) is 0 Å². The zero-order valence-electron chi connectivity index (χ0n) is 16.5. The molecule has 0 aromatic heterocycles. The van der Waals surface area contributed by atoms with Gasteiger partial charge in [-0.1, -0.05) is 22.4 Å². The maximum absolute atomic E-state index is 13.1. The lowest BCUT2D eigenvalue weighted by molar-refractivity contribution is -0.120. The third kappa shape index (κ3) is 5.08. The molecule has 160 valence electrons. The van der Waals surface area contributed by atoms with Crippen molar-refractivity contribution in [1.29, 1.82) is 0 Å². The Kier molecular flexibility index (Phi) is 7.27. The Morgan fingerprint density at radius 2 is 1.77 bits per heavy atom. The minimum absolute atomic E-state index is 0.157. The molecule has 1 aliphatic rings. The van der Waals surface area contributed by atoms with Crippen molar-refractivity contribution in [2.75, 3.05) is 18.5 Å². The van der Waals surface area contributed by atoms with E-state index in [9.17, 15) is 18.0 Å².